The van der Waals surface area contributed by atoms with Gasteiger partial charge >= 0.3 is 12.1 Å². The monoisotopic (exact) mass is 368 g/mol. The molecule has 0 radical (unpaired) electrons. The normalized spacial score (nSPS) is 30.5. The Balaban J connectivity index is 2.12. The van der Waals surface area contributed by atoms with Crippen molar-refractivity contribution >= 4 is 18.0 Å². The summed E-state index contributed by atoms with van der Waals surface area (Å²) in [5.74, 6) is -1.24. The lowest BCUT2D eigenvalue weighted by molar-refractivity contribution is -0.149. The summed E-state index contributed by atoms with van der Waals surface area (Å²) in [5, 5.41) is 12.7. The zero-order valence-electron chi connectivity index (χ0n) is 15.8. The predicted octanol–water partition coefficient (Wildman–Crippen LogP) is 0.981. The molecule has 1 heterocycles. The summed E-state index contributed by atoms with van der Waals surface area (Å²) in [4.78, 5) is 38.6. The molecule has 0 spiro atoms. The smallest absolute Gasteiger partial charge is 0.411 e. The van der Waals surface area contributed by atoms with Gasteiger partial charge in [0.2, 0.25) is 5.91 Å². The van der Waals surface area contributed by atoms with Gasteiger partial charge < -0.3 is 19.9 Å². The van der Waals surface area contributed by atoms with Crippen LogP contribution in [0.3, 0.4) is 0 Å². The van der Waals surface area contributed by atoms with E-state index in [1.807, 2.05) is 0 Å². The number of amides is 2. The number of ether oxygens (including phenoxy) is 2. The first-order chi connectivity index (χ1) is 12.0. The summed E-state index contributed by atoms with van der Waals surface area (Å²) < 4.78 is 10.4. The molecule has 1 saturated carbocycles. The van der Waals surface area contributed by atoms with Gasteiger partial charge in [-0.15, -0.1) is 6.58 Å². The van der Waals surface area contributed by atoms with Crippen LogP contribution in [0.5, 0.6) is 0 Å². The van der Waals surface area contributed by atoms with Crippen LogP contribution in [0.25, 0.3) is 0 Å². The predicted molar refractivity (Wildman–Crippen MR) is 93.2 cm³/mol. The topological polar surface area (TPSA) is 105 Å². The average Bonchev–Trinajstić information content (AvgIpc) is 3.09. The zero-order valence-corrected chi connectivity index (χ0v) is 15.8. The minimum Gasteiger partial charge on any atom is -0.464 e. The Kier molecular flexibility index (Phi) is 5.65. The van der Waals surface area contributed by atoms with E-state index in [4.69, 9.17) is 9.47 Å². The standard InChI is InChI=1S/C18H28N2O6/c1-6-11-9-18(11,15(23)25-7-2)19-14(22)13-8-12(21)10-20(13)16(24)26-17(3,4)5/h6,11-13,21H,1,7-10H2,2-5H3,(H,19,22)/t11-,12+,13+,18-/m1/s1. The number of nitrogens with zero attached hydrogens (tertiary/aromatic N) is 1. The fraction of sp³-hybridized carbons (Fsp3) is 0.722. The highest BCUT2D eigenvalue weighted by molar-refractivity contribution is 5.95. The van der Waals surface area contributed by atoms with Crippen LogP contribution in [0.4, 0.5) is 4.79 Å². The molecule has 0 aromatic carbocycles. The maximum absolute atomic E-state index is 12.8. The number of nitrogens with one attached hydrogen (secondary N) is 1. The van der Waals surface area contributed by atoms with Gasteiger partial charge in [-0.2, -0.15) is 0 Å². The number of likely N-dealkylation sites (tertiary alicyclic amines) is 1. The fourth-order valence-corrected chi connectivity index (χ4v) is 3.15. The molecule has 2 rings (SSSR count). The van der Waals surface area contributed by atoms with Crippen molar-refractivity contribution in [3.8, 4) is 0 Å². The van der Waals surface area contributed by atoms with Crippen LogP contribution in [-0.4, -0.2) is 64.4 Å². The summed E-state index contributed by atoms with van der Waals surface area (Å²) in [6.45, 7) is 10.7. The van der Waals surface area contributed by atoms with E-state index in [1.165, 1.54) is 4.90 Å². The van der Waals surface area contributed by atoms with Crippen LogP contribution >= 0.6 is 0 Å². The number of β-amino-alcohol motifs (C(OH)–C–C–N with tert-alkyl or cyclic N) is 1. The van der Waals surface area contributed by atoms with Crippen molar-refractivity contribution in [1.82, 2.24) is 10.2 Å². The van der Waals surface area contributed by atoms with Gasteiger partial charge in [0.1, 0.15) is 17.2 Å². The molecular formula is C18H28N2O6. The molecule has 2 amide bonds. The number of aliphatic hydroxyl groups excluding tert-OH is 1. The number of aliphatic hydroxyl groups is 1. The molecule has 8 nitrogen and oxygen atoms in total. The molecule has 1 aliphatic carbocycles. The van der Waals surface area contributed by atoms with Crippen LogP contribution in [-0.2, 0) is 19.1 Å². The van der Waals surface area contributed by atoms with E-state index < -0.39 is 41.3 Å². The highest BCUT2D eigenvalue weighted by Crippen LogP contribution is 2.45. The van der Waals surface area contributed by atoms with Crippen molar-refractivity contribution in [2.24, 2.45) is 5.92 Å². The van der Waals surface area contributed by atoms with Crippen LogP contribution < -0.4 is 5.32 Å². The zero-order chi connectivity index (χ0) is 19.7. The van der Waals surface area contributed by atoms with E-state index in [0.717, 1.165) is 0 Å². The van der Waals surface area contributed by atoms with Crippen molar-refractivity contribution in [2.45, 2.75) is 63.8 Å². The second-order valence-electron chi connectivity index (χ2n) is 7.77. The minimum absolute atomic E-state index is 0.00426. The molecule has 26 heavy (non-hydrogen) atoms. The third-order valence-electron chi connectivity index (χ3n) is 4.49. The maximum atomic E-state index is 12.8. The molecule has 2 N–H and O–H groups in total. The summed E-state index contributed by atoms with van der Waals surface area (Å²) >= 11 is 0. The number of hydrogen-bond acceptors (Lipinski definition) is 6. The van der Waals surface area contributed by atoms with Gasteiger partial charge in [-0.3, -0.25) is 9.69 Å². The van der Waals surface area contributed by atoms with Gasteiger partial charge in [0.05, 0.1) is 19.3 Å². The Morgan fingerprint density at radius 2 is 2.04 bits per heavy atom. The Morgan fingerprint density at radius 1 is 1.38 bits per heavy atom. The molecule has 0 aromatic rings. The van der Waals surface area contributed by atoms with Gasteiger partial charge in [0.25, 0.3) is 0 Å². The first kappa shape index (κ1) is 20.2. The SMILES string of the molecule is C=C[C@@H]1C[C@]1(NC(=O)[C@@H]1C[C@H](O)CN1C(=O)OC(C)(C)C)C(=O)OCC. The molecule has 1 aliphatic heterocycles. The maximum Gasteiger partial charge on any atom is 0.411 e. The van der Waals surface area contributed by atoms with Crippen LogP contribution in [0.1, 0.15) is 40.5 Å². The third-order valence-corrected chi connectivity index (χ3v) is 4.49. The Morgan fingerprint density at radius 3 is 2.54 bits per heavy atom. The second kappa shape index (κ2) is 7.26. The summed E-state index contributed by atoms with van der Waals surface area (Å²) in [5.41, 5.74) is -1.86. The van der Waals surface area contributed by atoms with E-state index in [-0.39, 0.29) is 25.5 Å². The molecule has 1 saturated heterocycles. The molecule has 2 aliphatic rings. The molecule has 146 valence electrons. The first-order valence-electron chi connectivity index (χ1n) is 8.83. The number of carbonyl (C=O) groups is 3. The van der Waals surface area contributed by atoms with E-state index in [9.17, 15) is 19.5 Å². The van der Waals surface area contributed by atoms with E-state index in [1.54, 1.807) is 33.8 Å². The van der Waals surface area contributed by atoms with Gasteiger partial charge in [-0.1, -0.05) is 6.08 Å². The number of hydrogen-bond donors (Lipinski definition) is 2. The van der Waals surface area contributed by atoms with Crippen LogP contribution in [0.2, 0.25) is 0 Å². The van der Waals surface area contributed by atoms with Crippen molar-refractivity contribution in [2.75, 3.05) is 13.2 Å². The number of carbonyl (C=O) groups excluding carboxylic acids is 3. The number of rotatable bonds is 5. The van der Waals surface area contributed by atoms with Crippen LogP contribution in [0.15, 0.2) is 12.7 Å². The van der Waals surface area contributed by atoms with E-state index in [0.29, 0.717) is 6.42 Å². The average molecular weight is 368 g/mol. The molecule has 0 unspecified atom stereocenters. The van der Waals surface area contributed by atoms with Crippen molar-refractivity contribution < 1.29 is 29.0 Å². The second-order valence-corrected chi connectivity index (χ2v) is 7.77. The van der Waals surface area contributed by atoms with E-state index in [2.05, 4.69) is 11.9 Å². The molecular weight excluding hydrogens is 340 g/mol. The highest BCUT2D eigenvalue weighted by Gasteiger charge is 2.62. The Labute approximate surface area is 153 Å². The largest absolute Gasteiger partial charge is 0.464 e. The molecule has 0 aromatic heterocycles. The van der Waals surface area contributed by atoms with Crippen molar-refractivity contribution in [3.63, 3.8) is 0 Å². The minimum atomic E-state index is -1.14. The number of esters is 1. The molecule has 0 bridgehead atoms. The Bertz CT molecular complexity index is 599. The van der Waals surface area contributed by atoms with Gasteiger partial charge in [0, 0.05) is 12.3 Å². The summed E-state index contributed by atoms with van der Waals surface area (Å²) in [7, 11) is 0. The third kappa shape index (κ3) is 4.17. The summed E-state index contributed by atoms with van der Waals surface area (Å²) in [6.07, 6.45) is 0.597. The highest BCUT2D eigenvalue weighted by atomic mass is 16.6. The Hall–Kier alpha value is -2.09. The lowest BCUT2D eigenvalue weighted by atomic mass is 10.1. The fourth-order valence-electron chi connectivity index (χ4n) is 3.15. The van der Waals surface area contributed by atoms with Gasteiger partial charge in [-0.25, -0.2) is 9.59 Å². The van der Waals surface area contributed by atoms with E-state index >= 15 is 0 Å². The summed E-state index contributed by atoms with van der Waals surface area (Å²) in [6, 6.07) is -0.905. The van der Waals surface area contributed by atoms with Gasteiger partial charge in [-0.05, 0) is 34.1 Å². The molecule has 2 fully saturated rings. The lowest BCUT2D eigenvalue weighted by Crippen LogP contribution is -2.53. The lowest BCUT2D eigenvalue weighted by Gasteiger charge is -2.29. The molecule has 8 heteroatoms. The van der Waals surface area contributed by atoms with Gasteiger partial charge in [0.15, 0.2) is 0 Å². The molecule has 4 atom stereocenters. The quantitative estimate of drug-likeness (QED) is 0.554. The first-order valence-corrected chi connectivity index (χ1v) is 8.83. The van der Waals surface area contributed by atoms with Crippen molar-refractivity contribution in [3.05, 3.63) is 12.7 Å². The van der Waals surface area contributed by atoms with Crippen molar-refractivity contribution in [1.29, 1.82) is 0 Å². The van der Waals surface area contributed by atoms with Crippen LogP contribution in [0, 0.1) is 5.92 Å².